The largest absolute Gasteiger partial charge is 0.484 e. The topological polar surface area (TPSA) is 48.2 Å². The monoisotopic (exact) mass is 376 g/mol. The van der Waals surface area contributed by atoms with Crippen molar-refractivity contribution >= 4 is 27.7 Å². The summed E-state index contributed by atoms with van der Waals surface area (Å²) < 4.78 is 11.8. The van der Waals surface area contributed by atoms with E-state index in [9.17, 15) is 0 Å². The summed E-state index contributed by atoms with van der Waals surface area (Å²) in [6, 6.07) is 15.6. The second-order valence-electron chi connectivity index (χ2n) is 4.49. The van der Waals surface area contributed by atoms with E-state index in [2.05, 4.69) is 26.1 Å². The smallest absolute Gasteiger partial charge is 0.264 e. The zero-order valence-electron chi connectivity index (χ0n) is 11.8. The Hall–Kier alpha value is -1.79. The van der Waals surface area contributed by atoms with Gasteiger partial charge in [0.2, 0.25) is 5.82 Å². The quantitative estimate of drug-likeness (QED) is 0.598. The molecule has 0 atom stereocenters. The summed E-state index contributed by atoms with van der Waals surface area (Å²) >= 11 is 5.12. The zero-order valence-corrected chi connectivity index (χ0v) is 14.2. The Kier molecular flexibility index (Phi) is 4.80. The maximum Gasteiger partial charge on any atom is 0.264 e. The molecule has 3 aromatic rings. The number of nitrogens with zero attached hydrogens (tertiary/aromatic N) is 2. The summed E-state index contributed by atoms with van der Waals surface area (Å²) in [5, 5.41) is 3.98. The predicted octanol–water partition coefficient (Wildman–Crippen LogP) is 4.80. The lowest BCUT2D eigenvalue weighted by molar-refractivity contribution is 0.243. The van der Waals surface area contributed by atoms with Gasteiger partial charge in [-0.05, 0) is 42.7 Å². The van der Waals surface area contributed by atoms with Crippen molar-refractivity contribution < 1.29 is 9.26 Å². The van der Waals surface area contributed by atoms with Crippen LogP contribution >= 0.6 is 27.7 Å². The molecule has 6 heteroatoms. The standard InChI is InChI=1S/C16H13BrN2O2S/c1-22-14-7-5-13(6-8-14)20-10-15-18-16(19-21-15)11-3-2-4-12(17)9-11/h2-9H,10H2,1H3. The third-order valence-electron chi connectivity index (χ3n) is 2.97. The van der Waals surface area contributed by atoms with Crippen LogP contribution in [0.4, 0.5) is 0 Å². The Morgan fingerprint density at radius 2 is 2.00 bits per heavy atom. The summed E-state index contributed by atoms with van der Waals surface area (Å²) in [5.41, 5.74) is 0.897. The van der Waals surface area contributed by atoms with Crippen LogP contribution in [0.2, 0.25) is 0 Å². The SMILES string of the molecule is CSc1ccc(OCc2nc(-c3cccc(Br)c3)no2)cc1. The molecule has 112 valence electrons. The molecule has 3 rings (SSSR count). The van der Waals surface area contributed by atoms with E-state index in [0.29, 0.717) is 11.7 Å². The van der Waals surface area contributed by atoms with Gasteiger partial charge in [-0.3, -0.25) is 0 Å². The highest BCUT2D eigenvalue weighted by molar-refractivity contribution is 9.10. The van der Waals surface area contributed by atoms with Crippen LogP contribution < -0.4 is 4.74 Å². The van der Waals surface area contributed by atoms with Gasteiger partial charge in [-0.15, -0.1) is 11.8 Å². The molecule has 0 saturated carbocycles. The van der Waals surface area contributed by atoms with E-state index in [0.717, 1.165) is 15.8 Å². The Balaban J connectivity index is 1.66. The van der Waals surface area contributed by atoms with Crippen LogP contribution in [0, 0.1) is 0 Å². The number of benzene rings is 2. The van der Waals surface area contributed by atoms with Crippen molar-refractivity contribution in [1.29, 1.82) is 0 Å². The van der Waals surface area contributed by atoms with Crippen molar-refractivity contribution in [3.8, 4) is 17.1 Å². The van der Waals surface area contributed by atoms with Crippen LogP contribution in [-0.4, -0.2) is 16.4 Å². The first-order valence-electron chi connectivity index (χ1n) is 6.60. The molecule has 1 aromatic heterocycles. The molecule has 0 aliphatic rings. The molecule has 0 N–H and O–H groups in total. The van der Waals surface area contributed by atoms with Crippen molar-refractivity contribution in [3.63, 3.8) is 0 Å². The van der Waals surface area contributed by atoms with Gasteiger partial charge in [0.05, 0.1) is 0 Å². The predicted molar refractivity (Wildman–Crippen MR) is 90.0 cm³/mol. The molecule has 0 spiro atoms. The first-order chi connectivity index (χ1) is 10.7. The molecular weight excluding hydrogens is 364 g/mol. The summed E-state index contributed by atoms with van der Waals surface area (Å²) in [6.45, 7) is 0.250. The molecule has 0 aliphatic carbocycles. The summed E-state index contributed by atoms with van der Waals surface area (Å²) in [5.74, 6) is 1.78. The molecule has 0 saturated heterocycles. The number of hydrogen-bond donors (Lipinski definition) is 0. The molecule has 2 aromatic carbocycles. The van der Waals surface area contributed by atoms with E-state index in [1.165, 1.54) is 4.90 Å². The Bertz CT molecular complexity index is 759. The third-order valence-corrected chi connectivity index (χ3v) is 4.21. The second-order valence-corrected chi connectivity index (χ2v) is 6.28. The minimum absolute atomic E-state index is 0.250. The number of hydrogen-bond acceptors (Lipinski definition) is 5. The van der Waals surface area contributed by atoms with Crippen molar-refractivity contribution in [1.82, 2.24) is 10.1 Å². The Morgan fingerprint density at radius 3 is 2.73 bits per heavy atom. The van der Waals surface area contributed by atoms with E-state index in [4.69, 9.17) is 9.26 Å². The van der Waals surface area contributed by atoms with Gasteiger partial charge in [-0.2, -0.15) is 4.98 Å². The number of halogens is 1. The molecule has 0 aliphatic heterocycles. The molecule has 0 radical (unpaired) electrons. The van der Waals surface area contributed by atoms with E-state index in [1.807, 2.05) is 54.8 Å². The normalized spacial score (nSPS) is 10.6. The van der Waals surface area contributed by atoms with Crippen molar-refractivity contribution in [2.75, 3.05) is 6.26 Å². The van der Waals surface area contributed by atoms with Crippen LogP contribution in [0.3, 0.4) is 0 Å². The molecule has 0 fully saturated rings. The summed E-state index contributed by atoms with van der Waals surface area (Å²) in [7, 11) is 0. The fourth-order valence-corrected chi connectivity index (χ4v) is 2.68. The van der Waals surface area contributed by atoms with E-state index >= 15 is 0 Å². The van der Waals surface area contributed by atoms with Gasteiger partial charge in [-0.1, -0.05) is 33.2 Å². The van der Waals surface area contributed by atoms with E-state index in [1.54, 1.807) is 11.8 Å². The maximum absolute atomic E-state index is 5.65. The van der Waals surface area contributed by atoms with Crippen molar-refractivity contribution in [3.05, 3.63) is 58.9 Å². The zero-order chi connectivity index (χ0) is 15.4. The first-order valence-corrected chi connectivity index (χ1v) is 8.62. The van der Waals surface area contributed by atoms with Gasteiger partial charge in [0.1, 0.15) is 5.75 Å². The second kappa shape index (κ2) is 6.98. The van der Waals surface area contributed by atoms with Gasteiger partial charge in [-0.25, -0.2) is 0 Å². The fourth-order valence-electron chi connectivity index (χ4n) is 1.88. The summed E-state index contributed by atoms with van der Waals surface area (Å²) in [6.07, 6.45) is 2.04. The van der Waals surface area contributed by atoms with Crippen LogP contribution in [0.1, 0.15) is 5.89 Å². The van der Waals surface area contributed by atoms with Crippen LogP contribution in [0.15, 0.2) is 62.4 Å². The third kappa shape index (κ3) is 3.69. The van der Waals surface area contributed by atoms with Crippen LogP contribution in [0.25, 0.3) is 11.4 Å². The van der Waals surface area contributed by atoms with Crippen molar-refractivity contribution in [2.45, 2.75) is 11.5 Å². The number of aromatic nitrogens is 2. The lowest BCUT2D eigenvalue weighted by Crippen LogP contribution is -1.95. The highest BCUT2D eigenvalue weighted by Gasteiger charge is 2.09. The molecule has 0 bridgehead atoms. The number of thioether (sulfide) groups is 1. The van der Waals surface area contributed by atoms with Crippen LogP contribution in [-0.2, 0) is 6.61 Å². The fraction of sp³-hybridized carbons (Fsp3) is 0.125. The van der Waals surface area contributed by atoms with Gasteiger partial charge < -0.3 is 9.26 Å². The van der Waals surface area contributed by atoms with E-state index in [-0.39, 0.29) is 6.61 Å². The lowest BCUT2D eigenvalue weighted by atomic mass is 10.2. The van der Waals surface area contributed by atoms with Gasteiger partial charge in [0, 0.05) is 14.9 Å². The minimum atomic E-state index is 0.250. The average Bonchev–Trinajstić information content (AvgIpc) is 3.02. The molecular formula is C16H13BrN2O2S. The van der Waals surface area contributed by atoms with Crippen LogP contribution in [0.5, 0.6) is 5.75 Å². The molecule has 0 amide bonds. The number of rotatable bonds is 5. The Labute approximate surface area is 141 Å². The summed E-state index contributed by atoms with van der Waals surface area (Å²) in [4.78, 5) is 5.54. The molecule has 22 heavy (non-hydrogen) atoms. The lowest BCUT2D eigenvalue weighted by Gasteiger charge is -2.03. The molecule has 0 unspecified atom stereocenters. The van der Waals surface area contributed by atoms with Gasteiger partial charge in [0.25, 0.3) is 5.89 Å². The molecule has 4 nitrogen and oxygen atoms in total. The van der Waals surface area contributed by atoms with Gasteiger partial charge >= 0.3 is 0 Å². The van der Waals surface area contributed by atoms with Crippen molar-refractivity contribution in [2.24, 2.45) is 0 Å². The van der Waals surface area contributed by atoms with E-state index < -0.39 is 0 Å². The first kappa shape index (κ1) is 15.1. The minimum Gasteiger partial charge on any atom is -0.484 e. The molecule has 1 heterocycles. The Morgan fingerprint density at radius 1 is 1.18 bits per heavy atom. The highest BCUT2D eigenvalue weighted by atomic mass is 79.9. The maximum atomic E-state index is 5.65. The number of ether oxygens (including phenoxy) is 1. The highest BCUT2D eigenvalue weighted by Crippen LogP contribution is 2.22. The average molecular weight is 377 g/mol. The van der Waals surface area contributed by atoms with Gasteiger partial charge in [0.15, 0.2) is 6.61 Å².